The minimum atomic E-state index is -0.442. The summed E-state index contributed by atoms with van der Waals surface area (Å²) in [5, 5.41) is 18.4. The van der Waals surface area contributed by atoms with Crippen molar-refractivity contribution in [3.8, 4) is 0 Å². The van der Waals surface area contributed by atoms with Crippen LogP contribution in [0.4, 0.5) is 0 Å². The molecule has 14 heavy (non-hydrogen) atoms. The molecule has 2 N–H and O–H groups in total. The molecule has 0 saturated carbocycles. The lowest BCUT2D eigenvalue weighted by Gasteiger charge is -2.14. The van der Waals surface area contributed by atoms with Crippen molar-refractivity contribution < 1.29 is 10.2 Å². The van der Waals surface area contributed by atoms with Gasteiger partial charge in [0.25, 0.3) is 0 Å². The van der Waals surface area contributed by atoms with E-state index in [1.807, 2.05) is 6.92 Å². The van der Waals surface area contributed by atoms with Gasteiger partial charge in [-0.05, 0) is 6.92 Å². The fourth-order valence-electron chi connectivity index (χ4n) is 0.630. The zero-order valence-electron chi connectivity index (χ0n) is 8.03. The SMILES string of the molecule is CC(SCC(O)CCl)SCC(O)CCl. The maximum atomic E-state index is 9.20. The number of aliphatic hydroxyl groups excluding tert-OH is 2. The number of hydrogen-bond donors (Lipinski definition) is 2. The standard InChI is InChI=1S/C8H16Cl2O2S2/c1-6(13-4-7(11)2-9)14-5-8(12)3-10/h6-8,11-12H,2-5H2,1H3. The molecule has 0 bridgehead atoms. The summed E-state index contributed by atoms with van der Waals surface area (Å²) in [6.07, 6.45) is -0.884. The number of aliphatic hydroxyl groups is 2. The maximum Gasteiger partial charge on any atom is 0.0766 e. The second-order valence-corrected chi connectivity index (χ2v) is 6.51. The van der Waals surface area contributed by atoms with Crippen molar-refractivity contribution in [2.75, 3.05) is 23.3 Å². The van der Waals surface area contributed by atoms with Gasteiger partial charge >= 0.3 is 0 Å². The second-order valence-electron chi connectivity index (χ2n) is 2.85. The first-order valence-electron chi connectivity index (χ1n) is 4.31. The monoisotopic (exact) mass is 278 g/mol. The van der Waals surface area contributed by atoms with E-state index in [-0.39, 0.29) is 11.8 Å². The highest BCUT2D eigenvalue weighted by Gasteiger charge is 2.10. The highest BCUT2D eigenvalue weighted by atomic mass is 35.5. The van der Waals surface area contributed by atoms with Crippen molar-refractivity contribution in [2.45, 2.75) is 23.7 Å². The Hall–Kier alpha value is 1.20. The number of halogens is 2. The topological polar surface area (TPSA) is 40.5 Å². The van der Waals surface area contributed by atoms with E-state index < -0.39 is 12.2 Å². The lowest BCUT2D eigenvalue weighted by molar-refractivity contribution is 0.223. The predicted octanol–water partition coefficient (Wildman–Crippen LogP) is 2.00. The van der Waals surface area contributed by atoms with Crippen LogP contribution in [0, 0.1) is 0 Å². The van der Waals surface area contributed by atoms with E-state index in [9.17, 15) is 10.2 Å². The summed E-state index contributed by atoms with van der Waals surface area (Å²) in [6, 6.07) is 0. The van der Waals surface area contributed by atoms with Crippen molar-refractivity contribution >= 4 is 46.7 Å². The van der Waals surface area contributed by atoms with Crippen LogP contribution in [-0.2, 0) is 0 Å². The van der Waals surface area contributed by atoms with Gasteiger partial charge in [0, 0.05) is 27.8 Å². The summed E-state index contributed by atoms with van der Waals surface area (Å²) < 4.78 is 0.339. The number of thioether (sulfide) groups is 2. The molecule has 6 heteroatoms. The van der Waals surface area contributed by atoms with Gasteiger partial charge in [0.1, 0.15) is 0 Å². The smallest absolute Gasteiger partial charge is 0.0766 e. The molecule has 0 aliphatic carbocycles. The minimum absolute atomic E-state index is 0.273. The molecule has 86 valence electrons. The van der Waals surface area contributed by atoms with Crippen LogP contribution in [0.3, 0.4) is 0 Å². The van der Waals surface area contributed by atoms with E-state index >= 15 is 0 Å². The van der Waals surface area contributed by atoms with Gasteiger partial charge in [-0.15, -0.1) is 46.7 Å². The van der Waals surface area contributed by atoms with Gasteiger partial charge < -0.3 is 10.2 Å². The van der Waals surface area contributed by atoms with Crippen LogP contribution < -0.4 is 0 Å². The summed E-state index contributed by atoms with van der Waals surface area (Å²) in [7, 11) is 0. The van der Waals surface area contributed by atoms with E-state index in [2.05, 4.69) is 0 Å². The third-order valence-electron chi connectivity index (χ3n) is 1.40. The number of alkyl halides is 2. The first-order chi connectivity index (χ1) is 6.60. The lowest BCUT2D eigenvalue weighted by atomic mass is 10.5. The Morgan fingerprint density at radius 2 is 1.36 bits per heavy atom. The molecule has 0 aromatic rings. The van der Waals surface area contributed by atoms with Crippen LogP contribution in [0.5, 0.6) is 0 Å². The third-order valence-corrected chi connectivity index (χ3v) is 5.03. The van der Waals surface area contributed by atoms with Crippen LogP contribution in [0.25, 0.3) is 0 Å². The summed E-state index contributed by atoms with van der Waals surface area (Å²) in [4.78, 5) is 0. The largest absolute Gasteiger partial charge is 0.391 e. The summed E-state index contributed by atoms with van der Waals surface area (Å²) >= 11 is 14.2. The predicted molar refractivity (Wildman–Crippen MR) is 67.8 cm³/mol. The van der Waals surface area contributed by atoms with Crippen molar-refractivity contribution in [3.05, 3.63) is 0 Å². The quantitative estimate of drug-likeness (QED) is 0.526. The molecular formula is C8H16Cl2O2S2. The molecule has 2 nitrogen and oxygen atoms in total. The molecule has 0 saturated heterocycles. The average molecular weight is 279 g/mol. The summed E-state index contributed by atoms with van der Waals surface area (Å²) in [5.74, 6) is 1.81. The lowest BCUT2D eigenvalue weighted by Crippen LogP contribution is -2.15. The Balaban J connectivity index is 3.40. The van der Waals surface area contributed by atoms with E-state index in [4.69, 9.17) is 23.2 Å². The Labute approximate surface area is 104 Å². The molecule has 0 heterocycles. The van der Waals surface area contributed by atoms with Crippen molar-refractivity contribution in [2.24, 2.45) is 0 Å². The molecule has 0 radical (unpaired) electrons. The average Bonchev–Trinajstić information content (AvgIpc) is 2.22. The van der Waals surface area contributed by atoms with Crippen molar-refractivity contribution in [1.82, 2.24) is 0 Å². The number of hydrogen-bond acceptors (Lipinski definition) is 4. The van der Waals surface area contributed by atoms with Gasteiger partial charge in [0.15, 0.2) is 0 Å². The summed E-state index contributed by atoms with van der Waals surface area (Å²) in [6.45, 7) is 2.04. The Morgan fingerprint density at radius 1 is 1.00 bits per heavy atom. The minimum Gasteiger partial charge on any atom is -0.391 e. The zero-order valence-corrected chi connectivity index (χ0v) is 11.2. The van der Waals surface area contributed by atoms with E-state index in [0.29, 0.717) is 16.1 Å². The molecular weight excluding hydrogens is 263 g/mol. The van der Waals surface area contributed by atoms with Gasteiger partial charge in [-0.2, -0.15) is 0 Å². The van der Waals surface area contributed by atoms with E-state index in [1.165, 1.54) is 0 Å². The van der Waals surface area contributed by atoms with Gasteiger partial charge in [0.05, 0.1) is 12.2 Å². The molecule has 2 atom stereocenters. The number of rotatable bonds is 8. The van der Waals surface area contributed by atoms with Crippen molar-refractivity contribution in [1.29, 1.82) is 0 Å². The Bertz CT molecular complexity index is 127. The van der Waals surface area contributed by atoms with Gasteiger partial charge in [-0.1, -0.05) is 0 Å². The van der Waals surface area contributed by atoms with Gasteiger partial charge in [-0.3, -0.25) is 0 Å². The maximum absolute atomic E-state index is 9.20. The zero-order chi connectivity index (χ0) is 11.0. The Morgan fingerprint density at radius 3 is 1.64 bits per heavy atom. The van der Waals surface area contributed by atoms with Crippen LogP contribution in [0.1, 0.15) is 6.92 Å². The molecule has 0 spiro atoms. The van der Waals surface area contributed by atoms with Gasteiger partial charge in [0.2, 0.25) is 0 Å². The Kier molecular flexibility index (Phi) is 10.2. The molecule has 2 unspecified atom stereocenters. The van der Waals surface area contributed by atoms with E-state index in [0.717, 1.165) is 0 Å². The first kappa shape index (κ1) is 15.2. The highest BCUT2D eigenvalue weighted by Crippen LogP contribution is 2.24. The van der Waals surface area contributed by atoms with Crippen LogP contribution in [-0.4, -0.2) is 50.3 Å². The molecule has 0 aliphatic heterocycles. The van der Waals surface area contributed by atoms with Crippen LogP contribution >= 0.6 is 46.7 Å². The van der Waals surface area contributed by atoms with Gasteiger partial charge in [-0.25, -0.2) is 0 Å². The van der Waals surface area contributed by atoms with E-state index in [1.54, 1.807) is 23.5 Å². The molecule has 0 aliphatic rings. The highest BCUT2D eigenvalue weighted by molar-refractivity contribution is 8.17. The molecule has 0 rings (SSSR count). The fourth-order valence-corrected chi connectivity index (χ4v) is 3.19. The van der Waals surface area contributed by atoms with Crippen LogP contribution in [0.15, 0.2) is 0 Å². The van der Waals surface area contributed by atoms with Crippen LogP contribution in [0.2, 0.25) is 0 Å². The normalized spacial score (nSPS) is 17.8. The molecule has 0 fully saturated rings. The fraction of sp³-hybridized carbons (Fsp3) is 1.00. The third kappa shape index (κ3) is 8.50. The first-order valence-corrected chi connectivity index (χ1v) is 7.48. The summed E-state index contributed by atoms with van der Waals surface area (Å²) in [5.41, 5.74) is 0. The molecule has 0 aromatic heterocycles. The molecule has 0 aromatic carbocycles. The second kappa shape index (κ2) is 9.43. The molecule has 0 amide bonds. The van der Waals surface area contributed by atoms with Crippen molar-refractivity contribution in [3.63, 3.8) is 0 Å².